The largest absolute Gasteiger partial charge is 0.465 e. The number of carbonyl (C=O) groups excluding carboxylic acids is 3. The van der Waals surface area contributed by atoms with Crippen LogP contribution in [0.1, 0.15) is 174 Å². The van der Waals surface area contributed by atoms with Crippen molar-refractivity contribution in [3.8, 4) is 0 Å². The highest BCUT2D eigenvalue weighted by Crippen LogP contribution is 2.12. The number of alkyl halides is 1. The molecule has 8 heteroatoms. The Balaban J connectivity index is 4.18. The normalized spacial score (nSPS) is 11.9. The molecule has 7 nitrogen and oxygen atoms in total. The van der Waals surface area contributed by atoms with Gasteiger partial charge in [-0.25, -0.2) is 0 Å². The van der Waals surface area contributed by atoms with Crippen LogP contribution in [0.5, 0.6) is 0 Å². The minimum Gasteiger partial charge on any atom is -0.465 e. The molecule has 0 heterocycles. The highest BCUT2D eigenvalue weighted by molar-refractivity contribution is 6.17. The zero-order valence-electron chi connectivity index (χ0n) is 33.2. The van der Waals surface area contributed by atoms with Crippen LogP contribution in [0.3, 0.4) is 0 Å². The highest BCUT2D eigenvalue weighted by Gasteiger charge is 2.17. The molecule has 1 N–H and O–H groups in total. The van der Waals surface area contributed by atoms with Crippen molar-refractivity contribution in [2.24, 2.45) is 5.92 Å². The van der Waals surface area contributed by atoms with Gasteiger partial charge in [0.15, 0.2) is 0 Å². The number of nitrogens with one attached hydrogen (secondary N) is 1. The molecule has 0 rings (SSSR count). The van der Waals surface area contributed by atoms with E-state index in [1.165, 1.54) is 51.4 Å². The van der Waals surface area contributed by atoms with Crippen molar-refractivity contribution in [1.29, 1.82) is 0 Å². The molecule has 0 fully saturated rings. The minimum atomic E-state index is -0.410. The van der Waals surface area contributed by atoms with E-state index in [4.69, 9.17) is 25.8 Å². The zero-order valence-corrected chi connectivity index (χ0v) is 34.0. The van der Waals surface area contributed by atoms with Gasteiger partial charge in [-0.2, -0.15) is 0 Å². The van der Waals surface area contributed by atoms with Gasteiger partial charge in [0.25, 0.3) is 0 Å². The van der Waals surface area contributed by atoms with Gasteiger partial charge in [0.1, 0.15) is 19.8 Å². The van der Waals surface area contributed by atoms with Gasteiger partial charge in [0.2, 0.25) is 0 Å². The summed E-state index contributed by atoms with van der Waals surface area (Å²) in [5, 5.41) is 2.87. The lowest BCUT2D eigenvalue weighted by Gasteiger charge is -2.17. The fourth-order valence-electron chi connectivity index (χ4n) is 5.41. The minimum absolute atomic E-state index is 0.0215. The topological polar surface area (TPSA) is 90.9 Å². The maximum absolute atomic E-state index is 12.4. The Morgan fingerprint density at radius 1 is 0.481 bits per heavy atom. The maximum atomic E-state index is 12.4. The van der Waals surface area contributed by atoms with Crippen LogP contribution in [0.4, 0.5) is 0 Å². The van der Waals surface area contributed by atoms with Crippen molar-refractivity contribution in [3.63, 3.8) is 0 Å². The molecular weight excluding hydrogens is 674 g/mol. The Kier molecular flexibility index (Phi) is 39.5. The predicted octanol–water partition coefficient (Wildman–Crippen LogP) is 12.0. The van der Waals surface area contributed by atoms with Crippen LogP contribution in [-0.4, -0.2) is 50.3 Å². The van der Waals surface area contributed by atoms with E-state index in [9.17, 15) is 14.4 Å². The molecule has 0 unspecified atom stereocenters. The van der Waals surface area contributed by atoms with Crippen molar-refractivity contribution < 1.29 is 28.6 Å². The van der Waals surface area contributed by atoms with Crippen molar-refractivity contribution >= 4 is 29.5 Å². The van der Waals surface area contributed by atoms with Gasteiger partial charge in [0.05, 0.1) is 18.3 Å². The molecule has 0 aromatic heterocycles. The van der Waals surface area contributed by atoms with E-state index in [0.717, 1.165) is 89.9 Å². The fourth-order valence-corrected chi connectivity index (χ4v) is 5.55. The molecule has 0 radical (unpaired) electrons. The van der Waals surface area contributed by atoms with Gasteiger partial charge >= 0.3 is 17.9 Å². The Hall–Kier alpha value is -2.38. The third-order valence-corrected chi connectivity index (χ3v) is 8.89. The number of hydrogen-bond donors (Lipinski definition) is 1. The van der Waals surface area contributed by atoms with Crippen LogP contribution < -0.4 is 5.32 Å². The standard InChI is InChI=1S/C44H76ClNO6/c1-3-5-7-9-11-13-15-17-19-21-23-25-27-29-31-33-42(47)50-37-41(39-52-44(49)35-36-46-40-45)38-51-43(48)34-32-30-28-26-24-22-20-18-16-14-12-10-8-6-4-2/h11-14,17-20,41,46H,3-10,15-16,21-40H2,1-2H3/b13-11-,14-12-,19-17-,20-18-. The summed E-state index contributed by atoms with van der Waals surface area (Å²) in [6, 6.07) is 0.255. The third-order valence-electron chi connectivity index (χ3n) is 8.70. The second kappa shape index (κ2) is 41.4. The number of rotatable bonds is 38. The van der Waals surface area contributed by atoms with E-state index in [1.54, 1.807) is 0 Å². The third kappa shape index (κ3) is 38.8. The summed E-state index contributed by atoms with van der Waals surface area (Å²) in [6.07, 6.45) is 43.7. The maximum Gasteiger partial charge on any atom is 0.307 e. The molecule has 0 aliphatic rings. The molecule has 0 aliphatic carbocycles. The van der Waals surface area contributed by atoms with Gasteiger partial charge in [-0.05, 0) is 77.0 Å². The number of esters is 3. The molecule has 0 aromatic carbocycles. The average Bonchev–Trinajstić information content (AvgIpc) is 3.14. The van der Waals surface area contributed by atoms with Crippen LogP contribution in [0.15, 0.2) is 48.6 Å². The Labute approximate surface area is 323 Å². The van der Waals surface area contributed by atoms with Gasteiger partial charge in [-0.15, -0.1) is 11.6 Å². The Morgan fingerprint density at radius 3 is 1.21 bits per heavy atom. The van der Waals surface area contributed by atoms with Crippen LogP contribution in [-0.2, 0) is 28.6 Å². The molecule has 0 aromatic rings. The number of allylic oxidation sites excluding steroid dienone is 8. The average molecular weight is 751 g/mol. The van der Waals surface area contributed by atoms with Gasteiger partial charge in [0, 0.05) is 19.4 Å². The van der Waals surface area contributed by atoms with Crippen LogP contribution in [0.25, 0.3) is 0 Å². The second-order valence-corrected chi connectivity index (χ2v) is 14.0. The molecule has 0 saturated heterocycles. The SMILES string of the molecule is CCCCC/C=C\C/C=C\CCCCCCCC(=O)OCC(COC(=O)CCCCCCC/C=C\C/C=C\CCCCC)COC(=O)CCNCCl. The molecule has 0 saturated carbocycles. The number of carbonyl (C=O) groups is 3. The molecule has 0 amide bonds. The molecule has 0 aliphatic heterocycles. The lowest BCUT2D eigenvalue weighted by atomic mass is 10.1. The lowest BCUT2D eigenvalue weighted by molar-refractivity contribution is -0.153. The monoisotopic (exact) mass is 750 g/mol. The molecule has 0 spiro atoms. The van der Waals surface area contributed by atoms with Crippen LogP contribution in [0.2, 0.25) is 0 Å². The summed E-state index contributed by atoms with van der Waals surface area (Å²) in [5.74, 6) is -1.34. The summed E-state index contributed by atoms with van der Waals surface area (Å²) in [6.45, 7) is 4.99. The first-order valence-electron chi connectivity index (χ1n) is 20.9. The fraction of sp³-hybridized carbons (Fsp3) is 0.750. The van der Waals surface area contributed by atoms with Crippen molar-refractivity contribution in [1.82, 2.24) is 5.32 Å². The highest BCUT2D eigenvalue weighted by atomic mass is 35.5. The smallest absolute Gasteiger partial charge is 0.307 e. The van der Waals surface area contributed by atoms with Crippen LogP contribution in [0, 0.1) is 5.92 Å². The molecule has 0 bridgehead atoms. The molecule has 0 atom stereocenters. The predicted molar refractivity (Wildman–Crippen MR) is 218 cm³/mol. The lowest BCUT2D eigenvalue weighted by Crippen LogP contribution is -2.27. The van der Waals surface area contributed by atoms with E-state index >= 15 is 0 Å². The quantitative estimate of drug-likeness (QED) is 0.0168. The first-order chi connectivity index (χ1) is 25.5. The van der Waals surface area contributed by atoms with Crippen LogP contribution >= 0.6 is 11.6 Å². The van der Waals surface area contributed by atoms with E-state index < -0.39 is 5.92 Å². The number of unbranched alkanes of at least 4 members (excludes halogenated alkanes) is 16. The van der Waals surface area contributed by atoms with Crippen molar-refractivity contribution in [2.75, 3.05) is 32.4 Å². The van der Waals surface area contributed by atoms with E-state index in [-0.39, 0.29) is 50.2 Å². The number of hydrogen-bond acceptors (Lipinski definition) is 7. The zero-order chi connectivity index (χ0) is 38.0. The molecule has 52 heavy (non-hydrogen) atoms. The number of ether oxygens (including phenoxy) is 3. The summed E-state index contributed by atoms with van der Waals surface area (Å²) >= 11 is 5.60. The van der Waals surface area contributed by atoms with Crippen molar-refractivity contribution in [2.45, 2.75) is 174 Å². The van der Waals surface area contributed by atoms with Gasteiger partial charge in [-0.3, -0.25) is 14.4 Å². The summed E-state index contributed by atoms with van der Waals surface area (Å²) in [7, 11) is 0. The molecule has 300 valence electrons. The summed E-state index contributed by atoms with van der Waals surface area (Å²) in [5.41, 5.74) is 0. The van der Waals surface area contributed by atoms with Gasteiger partial charge in [-0.1, -0.05) is 127 Å². The Morgan fingerprint density at radius 2 is 0.827 bits per heavy atom. The van der Waals surface area contributed by atoms with Crippen molar-refractivity contribution in [3.05, 3.63) is 48.6 Å². The number of halogens is 1. The summed E-state index contributed by atoms with van der Waals surface area (Å²) in [4.78, 5) is 36.9. The van der Waals surface area contributed by atoms with E-state index in [0.29, 0.717) is 19.4 Å². The molecular formula is C44H76ClNO6. The first-order valence-corrected chi connectivity index (χ1v) is 21.4. The Bertz CT molecular complexity index is 885. The van der Waals surface area contributed by atoms with E-state index in [1.807, 2.05) is 0 Å². The van der Waals surface area contributed by atoms with E-state index in [2.05, 4.69) is 67.8 Å². The summed E-state index contributed by atoms with van der Waals surface area (Å²) < 4.78 is 16.4. The second-order valence-electron chi connectivity index (χ2n) is 13.8. The van der Waals surface area contributed by atoms with Gasteiger partial charge < -0.3 is 19.5 Å². The first kappa shape index (κ1) is 49.6.